The van der Waals surface area contributed by atoms with Crippen molar-refractivity contribution in [3.8, 4) is 11.3 Å². The van der Waals surface area contributed by atoms with E-state index in [0.29, 0.717) is 32.0 Å². The van der Waals surface area contributed by atoms with E-state index in [1.165, 1.54) is 31.4 Å². The molecular weight excluding hydrogens is 502 g/mol. The highest BCUT2D eigenvalue weighted by Crippen LogP contribution is 2.51. The molecule has 2 aromatic heterocycles. The number of carbonyl (C=O) groups is 2. The van der Waals surface area contributed by atoms with Crippen molar-refractivity contribution in [1.29, 1.82) is 0 Å². The second kappa shape index (κ2) is 10.3. The van der Waals surface area contributed by atoms with Gasteiger partial charge in [0, 0.05) is 73.8 Å². The van der Waals surface area contributed by atoms with Gasteiger partial charge in [-0.25, -0.2) is 18.7 Å². The number of likely N-dealkylation sites (tertiary alicyclic amines) is 1. The largest absolute Gasteiger partial charge is 0.355 e. The zero-order valence-electron chi connectivity index (χ0n) is 21.9. The highest BCUT2D eigenvalue weighted by atomic mass is 19.1. The van der Waals surface area contributed by atoms with Crippen molar-refractivity contribution < 1.29 is 22.9 Å². The molecule has 2 saturated carbocycles. The summed E-state index contributed by atoms with van der Waals surface area (Å²) in [6, 6.07) is 6.83. The molecule has 0 amide bonds. The number of benzene rings is 1. The first-order valence-corrected chi connectivity index (χ1v) is 13.8. The van der Waals surface area contributed by atoms with Gasteiger partial charge in [-0.15, -0.1) is 0 Å². The Kier molecular flexibility index (Phi) is 6.87. The molecular formula is C30H32F2N4O3. The van der Waals surface area contributed by atoms with Crippen LogP contribution in [0.25, 0.3) is 11.3 Å². The van der Waals surface area contributed by atoms with E-state index in [9.17, 15) is 18.4 Å². The molecule has 1 aromatic carbocycles. The Labute approximate surface area is 226 Å². The number of halogens is 2. The average Bonchev–Trinajstić information content (AvgIpc) is 3.52. The fraction of sp³-hybridized carbons (Fsp3) is 0.500. The van der Waals surface area contributed by atoms with Gasteiger partial charge in [-0.3, -0.25) is 14.5 Å². The van der Waals surface area contributed by atoms with Crippen molar-refractivity contribution in [1.82, 2.24) is 20.0 Å². The van der Waals surface area contributed by atoms with Crippen LogP contribution in [0.4, 0.5) is 8.78 Å². The third kappa shape index (κ3) is 5.41. The third-order valence-electron chi connectivity index (χ3n) is 8.70. The molecule has 0 radical (unpaired) electrons. The summed E-state index contributed by atoms with van der Waals surface area (Å²) in [6.07, 6.45) is 12.1. The second-order valence-electron chi connectivity index (χ2n) is 11.7. The zero-order chi connectivity index (χ0) is 27.0. The number of hydrogen-bond donors (Lipinski definition) is 0. The van der Waals surface area contributed by atoms with Crippen molar-refractivity contribution in [3.05, 3.63) is 65.9 Å². The molecule has 1 aliphatic heterocycles. The number of nitrogens with zero attached hydrogens (tertiary/aromatic N) is 4. The fourth-order valence-electron chi connectivity index (χ4n) is 6.52. The Balaban J connectivity index is 1.17. The standard InChI is InChI=1S/C30H32F2N4O3/c31-20-7-8-23(24(32)13-20)27-14-25(35-39-27)26(38)17-29(18-36(19-29)21-5-2-1-3-6-21)15-22(37)16-30(9-10-30)28-33-11-4-12-34-28/h4,7-8,11-14,21H,1-3,5-6,9-10,15-19H2. The van der Waals surface area contributed by atoms with Crippen LogP contribution in [0.1, 0.15) is 80.5 Å². The van der Waals surface area contributed by atoms with Crippen LogP contribution in [-0.2, 0) is 10.2 Å². The molecule has 0 unspecified atom stereocenters. The predicted octanol–water partition coefficient (Wildman–Crippen LogP) is 5.70. The quantitative estimate of drug-likeness (QED) is 0.308. The lowest BCUT2D eigenvalue weighted by Crippen LogP contribution is -2.61. The first kappa shape index (κ1) is 25.9. The van der Waals surface area contributed by atoms with E-state index < -0.39 is 17.0 Å². The molecule has 1 saturated heterocycles. The number of carbonyl (C=O) groups excluding carboxylic acids is 2. The number of ketones is 2. The van der Waals surface area contributed by atoms with Crippen LogP contribution in [0.5, 0.6) is 0 Å². The van der Waals surface area contributed by atoms with Crippen molar-refractivity contribution >= 4 is 11.6 Å². The van der Waals surface area contributed by atoms with Crippen molar-refractivity contribution in [2.24, 2.45) is 5.41 Å². The Morgan fingerprint density at radius 3 is 2.41 bits per heavy atom. The van der Waals surface area contributed by atoms with E-state index in [-0.39, 0.29) is 40.4 Å². The van der Waals surface area contributed by atoms with E-state index in [1.807, 2.05) is 0 Å². The van der Waals surface area contributed by atoms with Crippen LogP contribution in [-0.4, -0.2) is 50.7 Å². The molecule has 3 fully saturated rings. The molecule has 3 heterocycles. The Bertz CT molecular complexity index is 1360. The topological polar surface area (TPSA) is 89.2 Å². The smallest absolute Gasteiger partial charge is 0.185 e. The molecule has 39 heavy (non-hydrogen) atoms. The monoisotopic (exact) mass is 534 g/mol. The minimum absolute atomic E-state index is 0.0396. The van der Waals surface area contributed by atoms with E-state index >= 15 is 0 Å². The van der Waals surface area contributed by atoms with Crippen molar-refractivity contribution in [2.75, 3.05) is 13.1 Å². The molecule has 204 valence electrons. The maximum absolute atomic E-state index is 14.2. The first-order chi connectivity index (χ1) is 18.8. The molecule has 0 atom stereocenters. The van der Waals surface area contributed by atoms with E-state index in [1.54, 1.807) is 18.5 Å². The van der Waals surface area contributed by atoms with E-state index in [4.69, 9.17) is 4.52 Å². The summed E-state index contributed by atoms with van der Waals surface area (Å²) in [5, 5.41) is 3.90. The Morgan fingerprint density at radius 1 is 0.974 bits per heavy atom. The van der Waals surface area contributed by atoms with Crippen LogP contribution in [0.15, 0.2) is 47.2 Å². The summed E-state index contributed by atoms with van der Waals surface area (Å²) in [6.45, 7) is 1.39. The van der Waals surface area contributed by atoms with Crippen LogP contribution in [0, 0.1) is 17.0 Å². The van der Waals surface area contributed by atoms with Gasteiger partial charge in [-0.05, 0) is 43.9 Å². The van der Waals surface area contributed by atoms with Crippen LogP contribution in [0.2, 0.25) is 0 Å². The summed E-state index contributed by atoms with van der Waals surface area (Å²) in [5.41, 5.74) is -0.623. The van der Waals surface area contributed by atoms with Crippen molar-refractivity contribution in [2.45, 2.75) is 75.7 Å². The summed E-state index contributed by atoms with van der Waals surface area (Å²) in [7, 11) is 0. The molecule has 6 rings (SSSR count). The lowest BCUT2D eigenvalue weighted by molar-refractivity contribution is -0.127. The first-order valence-electron chi connectivity index (χ1n) is 13.8. The number of aromatic nitrogens is 3. The number of rotatable bonds is 10. The van der Waals surface area contributed by atoms with Gasteiger partial charge in [-0.2, -0.15) is 0 Å². The Morgan fingerprint density at radius 2 is 1.72 bits per heavy atom. The number of Topliss-reactive ketones (excluding diaryl/α,β-unsaturated/α-hetero) is 2. The third-order valence-corrected chi connectivity index (χ3v) is 8.70. The molecule has 9 heteroatoms. The minimum atomic E-state index is -0.786. The summed E-state index contributed by atoms with van der Waals surface area (Å²) < 4.78 is 32.8. The van der Waals surface area contributed by atoms with Gasteiger partial charge >= 0.3 is 0 Å². The number of hydrogen-bond acceptors (Lipinski definition) is 7. The molecule has 3 aliphatic rings. The SMILES string of the molecule is O=C(CC1(CC(=O)c2cc(-c3ccc(F)cc3F)on2)CN(C2CCCCC2)C1)CC1(c2ncccn2)CC1. The molecule has 0 spiro atoms. The maximum Gasteiger partial charge on any atom is 0.185 e. The lowest BCUT2D eigenvalue weighted by atomic mass is 9.69. The molecule has 0 bridgehead atoms. The normalized spacial score (nSPS) is 20.4. The average molecular weight is 535 g/mol. The van der Waals surface area contributed by atoms with Crippen LogP contribution in [0.3, 0.4) is 0 Å². The van der Waals surface area contributed by atoms with Gasteiger partial charge in [0.15, 0.2) is 11.5 Å². The van der Waals surface area contributed by atoms with Crippen molar-refractivity contribution in [3.63, 3.8) is 0 Å². The fourth-order valence-corrected chi connectivity index (χ4v) is 6.52. The van der Waals surface area contributed by atoms with E-state index in [2.05, 4.69) is 20.0 Å². The summed E-state index contributed by atoms with van der Waals surface area (Å²) >= 11 is 0. The molecule has 7 nitrogen and oxygen atoms in total. The summed E-state index contributed by atoms with van der Waals surface area (Å²) in [4.78, 5) is 38.1. The molecule has 2 aliphatic carbocycles. The summed E-state index contributed by atoms with van der Waals surface area (Å²) in [5.74, 6) is -0.800. The second-order valence-corrected chi connectivity index (χ2v) is 11.7. The maximum atomic E-state index is 14.2. The van der Waals surface area contributed by atoms with Gasteiger partial charge in [0.1, 0.15) is 28.9 Å². The Hall–Kier alpha value is -3.33. The zero-order valence-corrected chi connectivity index (χ0v) is 21.9. The van der Waals surface area contributed by atoms with Crippen LogP contribution < -0.4 is 0 Å². The highest BCUT2D eigenvalue weighted by molar-refractivity contribution is 5.96. The van der Waals surface area contributed by atoms with Gasteiger partial charge in [-0.1, -0.05) is 24.4 Å². The molecule has 0 N–H and O–H groups in total. The van der Waals surface area contributed by atoms with Gasteiger partial charge < -0.3 is 4.52 Å². The predicted molar refractivity (Wildman–Crippen MR) is 139 cm³/mol. The highest BCUT2D eigenvalue weighted by Gasteiger charge is 2.52. The van der Waals surface area contributed by atoms with Gasteiger partial charge in [0.05, 0.1) is 5.56 Å². The van der Waals surface area contributed by atoms with Gasteiger partial charge in [0.25, 0.3) is 0 Å². The molecule has 3 aromatic rings. The van der Waals surface area contributed by atoms with Gasteiger partial charge in [0.2, 0.25) is 0 Å². The van der Waals surface area contributed by atoms with E-state index in [0.717, 1.165) is 43.6 Å². The lowest BCUT2D eigenvalue weighted by Gasteiger charge is -2.54. The minimum Gasteiger partial charge on any atom is -0.355 e. The van der Waals surface area contributed by atoms with Crippen LogP contribution >= 0.6 is 0 Å².